The Bertz CT molecular complexity index is 902. The van der Waals surface area contributed by atoms with Crippen LogP contribution in [0.2, 0.25) is 0 Å². The van der Waals surface area contributed by atoms with Crippen LogP contribution in [0, 0.1) is 11.8 Å². The van der Waals surface area contributed by atoms with E-state index in [-0.39, 0.29) is 42.7 Å². The van der Waals surface area contributed by atoms with Gasteiger partial charge in [0.05, 0.1) is 30.8 Å². The summed E-state index contributed by atoms with van der Waals surface area (Å²) in [4.78, 5) is 13.1. The van der Waals surface area contributed by atoms with Crippen molar-refractivity contribution in [1.29, 1.82) is 0 Å². The molecule has 0 spiro atoms. The maximum atomic E-state index is 13.1. The normalized spacial score (nSPS) is 36.3. The lowest BCUT2D eigenvalue weighted by Crippen LogP contribution is -2.37. The number of carbonyl (C=O) groups is 1. The topological polar surface area (TPSA) is 44.8 Å². The molecule has 3 aliphatic rings. The highest BCUT2D eigenvalue weighted by Crippen LogP contribution is 2.33. The van der Waals surface area contributed by atoms with Crippen molar-refractivity contribution in [3.05, 3.63) is 65.8 Å². The standard InChI is InChI=1S/C31H42O4/c1-4-24-18-28-20-27-12-8-11-26(33-27)17-22(2)13-14-23(3)30(16-15-25-9-6-5-7-10-25)35-31(32)21-29(19-24)34-28/h4-7,9-10,13-16,22-23,26-30H,8,11-12,17-21H2,1-3H3/t22-,23-,26+,27?,28+,29?,30?/m0/s1. The monoisotopic (exact) mass is 478 g/mol. The molecule has 0 radical (unpaired) electrons. The van der Waals surface area contributed by atoms with Crippen LogP contribution in [0.15, 0.2) is 60.2 Å². The largest absolute Gasteiger partial charge is 0.457 e. The van der Waals surface area contributed by atoms with Gasteiger partial charge in [-0.05, 0) is 63.0 Å². The number of fused-ring (bicyclic) bond motifs is 4. The van der Waals surface area contributed by atoms with Crippen LogP contribution in [0.25, 0.3) is 6.08 Å². The summed E-state index contributed by atoms with van der Waals surface area (Å²) in [5.41, 5.74) is 2.47. The van der Waals surface area contributed by atoms with Crippen LogP contribution in [-0.4, -0.2) is 36.5 Å². The minimum Gasteiger partial charge on any atom is -0.457 e. The van der Waals surface area contributed by atoms with E-state index >= 15 is 0 Å². The van der Waals surface area contributed by atoms with E-state index in [0.717, 1.165) is 44.1 Å². The van der Waals surface area contributed by atoms with Crippen LogP contribution in [0.1, 0.15) is 77.7 Å². The SMILES string of the molecule is CC=C1CC2CC(=O)OC(C=Cc3ccccc3)[C@@H](C)C=C[C@H](C)C[C@H]3CCCC(C[C@@H](C1)O2)O3. The van der Waals surface area contributed by atoms with Crippen molar-refractivity contribution in [2.75, 3.05) is 0 Å². The second-order valence-corrected chi connectivity index (χ2v) is 10.7. The van der Waals surface area contributed by atoms with E-state index < -0.39 is 0 Å². The maximum Gasteiger partial charge on any atom is 0.309 e. The van der Waals surface area contributed by atoms with E-state index in [1.807, 2.05) is 30.4 Å². The third-order valence-corrected chi connectivity index (χ3v) is 7.57. The van der Waals surface area contributed by atoms with Gasteiger partial charge in [0.15, 0.2) is 0 Å². The van der Waals surface area contributed by atoms with Gasteiger partial charge in [-0.1, -0.05) is 74.1 Å². The highest BCUT2D eigenvalue weighted by molar-refractivity contribution is 5.70. The van der Waals surface area contributed by atoms with Gasteiger partial charge in [0.25, 0.3) is 0 Å². The molecule has 4 rings (SSSR count). The van der Waals surface area contributed by atoms with Gasteiger partial charge in [0.1, 0.15) is 6.10 Å². The smallest absolute Gasteiger partial charge is 0.309 e. The number of ether oxygens (including phenoxy) is 3. The van der Waals surface area contributed by atoms with Gasteiger partial charge in [0.2, 0.25) is 0 Å². The summed E-state index contributed by atoms with van der Waals surface area (Å²) in [7, 11) is 0. The predicted molar refractivity (Wildman–Crippen MR) is 141 cm³/mol. The molecule has 190 valence electrons. The molecule has 1 aromatic carbocycles. The van der Waals surface area contributed by atoms with E-state index in [1.54, 1.807) is 0 Å². The van der Waals surface area contributed by atoms with Crippen molar-refractivity contribution < 1.29 is 19.0 Å². The predicted octanol–water partition coefficient (Wildman–Crippen LogP) is 7.06. The molecule has 0 amide bonds. The Hall–Kier alpha value is -2.17. The van der Waals surface area contributed by atoms with Gasteiger partial charge in [-0.2, -0.15) is 0 Å². The molecule has 7 atom stereocenters. The molecule has 4 nitrogen and oxygen atoms in total. The Morgan fingerprint density at radius 3 is 2.34 bits per heavy atom. The Kier molecular flexibility index (Phi) is 9.39. The fourth-order valence-electron chi connectivity index (χ4n) is 5.60. The van der Waals surface area contributed by atoms with Gasteiger partial charge in [0, 0.05) is 12.3 Å². The Labute approximate surface area is 211 Å². The minimum atomic E-state index is -0.324. The lowest BCUT2D eigenvalue weighted by molar-refractivity contribution is -0.154. The van der Waals surface area contributed by atoms with E-state index in [9.17, 15) is 4.79 Å². The van der Waals surface area contributed by atoms with Crippen LogP contribution in [0.4, 0.5) is 0 Å². The zero-order valence-electron chi connectivity index (χ0n) is 21.6. The van der Waals surface area contributed by atoms with E-state index in [2.05, 4.69) is 51.1 Å². The van der Waals surface area contributed by atoms with Crippen molar-refractivity contribution in [3.63, 3.8) is 0 Å². The number of rotatable bonds is 2. The van der Waals surface area contributed by atoms with Crippen LogP contribution >= 0.6 is 0 Å². The van der Waals surface area contributed by atoms with Crippen LogP contribution in [0.5, 0.6) is 0 Å². The van der Waals surface area contributed by atoms with E-state index in [1.165, 1.54) is 12.0 Å². The van der Waals surface area contributed by atoms with Gasteiger partial charge in [-0.3, -0.25) is 4.79 Å². The second-order valence-electron chi connectivity index (χ2n) is 10.7. The van der Waals surface area contributed by atoms with Crippen molar-refractivity contribution in [3.8, 4) is 0 Å². The second kappa shape index (κ2) is 12.7. The lowest BCUT2D eigenvalue weighted by atomic mass is 9.90. The molecular weight excluding hydrogens is 436 g/mol. The molecule has 3 heterocycles. The number of cyclic esters (lactones) is 1. The molecule has 1 aromatic rings. The Morgan fingerprint density at radius 1 is 0.857 bits per heavy atom. The molecule has 4 bridgehead atoms. The van der Waals surface area contributed by atoms with E-state index in [4.69, 9.17) is 14.2 Å². The summed E-state index contributed by atoms with van der Waals surface area (Å²) >= 11 is 0. The number of carbonyl (C=O) groups excluding carboxylic acids is 1. The van der Waals surface area contributed by atoms with Gasteiger partial charge in [-0.15, -0.1) is 0 Å². The first kappa shape index (κ1) is 25.9. The average molecular weight is 479 g/mol. The molecule has 0 aromatic heterocycles. The highest BCUT2D eigenvalue weighted by atomic mass is 16.5. The number of allylic oxidation sites excluding steroid dienone is 2. The fraction of sp³-hybridized carbons (Fsp3) is 0.581. The van der Waals surface area contributed by atoms with Crippen molar-refractivity contribution in [2.24, 2.45) is 11.8 Å². The Morgan fingerprint density at radius 2 is 1.57 bits per heavy atom. The molecule has 0 aliphatic carbocycles. The molecule has 3 unspecified atom stereocenters. The van der Waals surface area contributed by atoms with E-state index in [0.29, 0.717) is 12.0 Å². The molecule has 2 saturated heterocycles. The fourth-order valence-corrected chi connectivity index (χ4v) is 5.60. The lowest BCUT2D eigenvalue weighted by Gasteiger charge is -2.37. The van der Waals surface area contributed by atoms with Crippen LogP contribution in [0.3, 0.4) is 0 Å². The van der Waals surface area contributed by atoms with Gasteiger partial charge in [-0.25, -0.2) is 0 Å². The summed E-state index contributed by atoms with van der Waals surface area (Å²) in [6.07, 6.45) is 18.3. The first-order valence-corrected chi connectivity index (χ1v) is 13.5. The van der Waals surface area contributed by atoms with Gasteiger partial charge >= 0.3 is 5.97 Å². The number of hydrogen-bond acceptors (Lipinski definition) is 4. The van der Waals surface area contributed by atoms with Crippen LogP contribution in [-0.2, 0) is 19.0 Å². The molecule has 3 aliphatic heterocycles. The molecule has 0 N–H and O–H groups in total. The number of hydrogen-bond donors (Lipinski definition) is 0. The zero-order chi connectivity index (χ0) is 24.6. The zero-order valence-corrected chi connectivity index (χ0v) is 21.6. The molecule has 35 heavy (non-hydrogen) atoms. The van der Waals surface area contributed by atoms with Crippen molar-refractivity contribution >= 4 is 12.0 Å². The maximum absolute atomic E-state index is 13.1. The van der Waals surface area contributed by atoms with Gasteiger partial charge < -0.3 is 14.2 Å². The summed E-state index contributed by atoms with van der Waals surface area (Å²) in [5.74, 6) is 0.289. The summed E-state index contributed by atoms with van der Waals surface area (Å²) in [6.45, 7) is 6.47. The molecule has 4 heteroatoms. The molecule has 2 fully saturated rings. The van der Waals surface area contributed by atoms with Crippen molar-refractivity contribution in [2.45, 2.75) is 103 Å². The highest BCUT2D eigenvalue weighted by Gasteiger charge is 2.32. The van der Waals surface area contributed by atoms with Crippen LogP contribution < -0.4 is 0 Å². The quantitative estimate of drug-likeness (QED) is 0.337. The summed E-state index contributed by atoms with van der Waals surface area (Å²) in [6, 6.07) is 10.2. The third-order valence-electron chi connectivity index (χ3n) is 7.57. The number of esters is 1. The molecule has 0 saturated carbocycles. The number of benzene rings is 1. The first-order chi connectivity index (χ1) is 17.0. The summed E-state index contributed by atoms with van der Waals surface area (Å²) in [5, 5.41) is 0. The minimum absolute atomic E-state index is 0.0698. The Balaban J connectivity index is 1.55. The summed E-state index contributed by atoms with van der Waals surface area (Å²) < 4.78 is 19.0. The molecular formula is C31H42O4. The average Bonchev–Trinajstić information content (AvgIpc) is 2.85. The van der Waals surface area contributed by atoms with Crippen molar-refractivity contribution in [1.82, 2.24) is 0 Å². The third kappa shape index (κ3) is 7.91. The first-order valence-electron chi connectivity index (χ1n) is 13.5.